The first-order valence-electron chi connectivity index (χ1n) is 6.04. The van der Waals surface area contributed by atoms with Crippen LogP contribution < -0.4 is 10.0 Å². The molecule has 104 valence electrons. The molecule has 1 aromatic heterocycles. The van der Waals surface area contributed by atoms with Crippen LogP contribution in [0, 0.1) is 0 Å². The van der Waals surface area contributed by atoms with Gasteiger partial charge in [-0.05, 0) is 53.6 Å². The first-order valence-corrected chi connectivity index (χ1v) is 11.2. The van der Waals surface area contributed by atoms with E-state index >= 15 is 0 Å². The number of hydrogen-bond donors (Lipinski definition) is 0. The Morgan fingerprint density at radius 1 is 1.25 bits per heavy atom. The van der Waals surface area contributed by atoms with Crippen LogP contribution >= 0.6 is 28.2 Å². The van der Waals surface area contributed by atoms with Crippen molar-refractivity contribution in [3.8, 4) is 5.75 Å². The van der Waals surface area contributed by atoms with E-state index in [9.17, 15) is 0 Å². The van der Waals surface area contributed by atoms with E-state index in [1.807, 2.05) is 30.3 Å². The predicted octanol–water partition coefficient (Wildman–Crippen LogP) is 4.50. The molecule has 1 unspecified atom stereocenters. The van der Waals surface area contributed by atoms with Crippen molar-refractivity contribution in [1.29, 1.82) is 0 Å². The number of benzene rings is 1. The van der Waals surface area contributed by atoms with Gasteiger partial charge in [0.05, 0.1) is 12.0 Å². The highest BCUT2D eigenvalue weighted by Crippen LogP contribution is 2.63. The van der Waals surface area contributed by atoms with Crippen LogP contribution in [0.5, 0.6) is 5.75 Å². The molecule has 2 aromatic rings. The molecule has 0 fully saturated rings. The van der Waals surface area contributed by atoms with Gasteiger partial charge in [-0.3, -0.25) is 0 Å². The van der Waals surface area contributed by atoms with Crippen molar-refractivity contribution in [3.63, 3.8) is 0 Å². The summed E-state index contributed by atoms with van der Waals surface area (Å²) in [6, 6.07) is 12.0. The number of rotatable bonds is 3. The molecule has 1 aliphatic rings. The van der Waals surface area contributed by atoms with E-state index in [-0.39, 0.29) is 0 Å². The fourth-order valence-corrected chi connectivity index (χ4v) is 7.48. The van der Waals surface area contributed by atoms with Gasteiger partial charge in [0.2, 0.25) is 0 Å². The quantitative estimate of drug-likeness (QED) is 0.766. The average molecular weight is 340 g/mol. The van der Waals surface area contributed by atoms with Crippen LogP contribution in [0.2, 0.25) is 0 Å². The Morgan fingerprint density at radius 3 is 2.70 bits per heavy atom. The van der Waals surface area contributed by atoms with Crippen LogP contribution in [-0.4, -0.2) is 12.9 Å². The van der Waals surface area contributed by atoms with Gasteiger partial charge in [-0.25, -0.2) is 0 Å². The molecule has 6 heteroatoms. The van der Waals surface area contributed by atoms with Crippen molar-refractivity contribution in [3.05, 3.63) is 52.7 Å². The predicted molar refractivity (Wildman–Crippen MR) is 92.8 cm³/mol. The summed E-state index contributed by atoms with van der Waals surface area (Å²) >= 11 is 9.23. The molecule has 1 aromatic carbocycles. The Balaban J connectivity index is 1.89. The zero-order valence-electron chi connectivity index (χ0n) is 10.8. The first-order chi connectivity index (χ1) is 9.71. The van der Waals surface area contributed by atoms with Crippen molar-refractivity contribution in [2.24, 2.45) is 0 Å². The minimum atomic E-state index is -2.06. The van der Waals surface area contributed by atoms with E-state index in [1.54, 1.807) is 29.8 Å². The second-order valence-corrected chi connectivity index (χ2v) is 11.9. The van der Waals surface area contributed by atoms with Crippen LogP contribution in [0.15, 0.2) is 47.9 Å². The minimum absolute atomic E-state index is 0.839. The Labute approximate surface area is 131 Å². The monoisotopic (exact) mass is 340 g/mol. The zero-order chi connectivity index (χ0) is 14.0. The van der Waals surface area contributed by atoms with E-state index in [1.165, 1.54) is 0 Å². The largest absolute Gasteiger partial charge is 0.497 e. The normalized spacial score (nSPS) is 21.9. The van der Waals surface area contributed by atoms with Gasteiger partial charge in [0.15, 0.2) is 5.47 Å². The van der Waals surface area contributed by atoms with Gasteiger partial charge in [0, 0.05) is 11.1 Å². The van der Waals surface area contributed by atoms with E-state index in [2.05, 4.69) is 17.5 Å². The minimum Gasteiger partial charge on any atom is -0.497 e. The van der Waals surface area contributed by atoms with Gasteiger partial charge >= 0.3 is 0 Å². The topological polar surface area (TPSA) is 18.5 Å². The Morgan fingerprint density at radius 2 is 2.05 bits per heavy atom. The van der Waals surface area contributed by atoms with Gasteiger partial charge in [-0.15, -0.1) is 11.3 Å². The molecule has 0 radical (unpaired) electrons. The maximum Gasteiger partial charge on any atom is 0.197 e. The Kier molecular flexibility index (Phi) is 4.22. The van der Waals surface area contributed by atoms with E-state index in [0.717, 1.165) is 27.4 Å². The number of thiophene rings is 1. The van der Waals surface area contributed by atoms with Gasteiger partial charge < -0.3 is 9.26 Å². The lowest BCUT2D eigenvalue weighted by Gasteiger charge is -2.27. The fraction of sp³-hybridized carbons (Fsp3) is 0.143. The molecule has 0 saturated carbocycles. The Hall–Kier alpha value is -0.740. The van der Waals surface area contributed by atoms with E-state index < -0.39 is 5.47 Å². The highest BCUT2D eigenvalue weighted by atomic mass is 32.9. The summed E-state index contributed by atoms with van der Waals surface area (Å²) < 4.78 is 11.4. The van der Waals surface area contributed by atoms with Gasteiger partial charge in [0.1, 0.15) is 11.5 Å². The van der Waals surface area contributed by atoms with Crippen molar-refractivity contribution in [2.45, 2.75) is 0 Å². The summed E-state index contributed by atoms with van der Waals surface area (Å²) in [4.78, 5) is 1.15. The second-order valence-electron chi connectivity index (χ2n) is 4.13. The van der Waals surface area contributed by atoms with Gasteiger partial charge in [-0.1, -0.05) is 17.4 Å². The molecule has 3 rings (SSSR count). The second kappa shape index (κ2) is 5.94. The standard InChI is InChI=1S/C14H13O2PS3/c1-15-11-4-6-12(7-5-11)17(18)16-13(8-10-20-17)14-3-2-9-19-14/h2-9H,10H2,1H3. The summed E-state index contributed by atoms with van der Waals surface area (Å²) in [5.41, 5.74) is -2.06. The molecular weight excluding hydrogens is 327 g/mol. The molecule has 0 aliphatic carbocycles. The summed E-state index contributed by atoms with van der Waals surface area (Å²) in [5.74, 6) is 2.67. The lowest BCUT2D eigenvalue weighted by molar-refractivity contribution is 0.415. The number of methoxy groups -OCH3 is 1. The first kappa shape index (κ1) is 14.2. The molecule has 0 spiro atoms. The van der Waals surface area contributed by atoms with Crippen molar-refractivity contribution < 1.29 is 9.26 Å². The van der Waals surface area contributed by atoms with Crippen LogP contribution in [0.4, 0.5) is 0 Å². The lowest BCUT2D eigenvalue weighted by atomic mass is 10.3. The zero-order valence-corrected chi connectivity index (χ0v) is 14.2. The molecule has 2 heterocycles. The van der Waals surface area contributed by atoms with Crippen molar-refractivity contribution in [2.75, 3.05) is 12.9 Å². The third kappa shape index (κ3) is 2.82. The molecular formula is C14H13O2PS3. The van der Waals surface area contributed by atoms with E-state index in [4.69, 9.17) is 21.1 Å². The number of hydrogen-bond acceptors (Lipinski definition) is 5. The molecule has 0 saturated heterocycles. The lowest BCUT2D eigenvalue weighted by Crippen LogP contribution is -2.07. The average Bonchev–Trinajstić information content (AvgIpc) is 3.02. The molecule has 2 nitrogen and oxygen atoms in total. The molecule has 1 atom stereocenters. The van der Waals surface area contributed by atoms with Crippen LogP contribution in [-0.2, 0) is 16.3 Å². The van der Waals surface area contributed by atoms with Crippen LogP contribution in [0.25, 0.3) is 5.76 Å². The molecule has 0 bridgehead atoms. The van der Waals surface area contributed by atoms with E-state index in [0.29, 0.717) is 0 Å². The van der Waals surface area contributed by atoms with Crippen LogP contribution in [0.3, 0.4) is 0 Å². The maximum atomic E-state index is 6.20. The highest BCUT2D eigenvalue weighted by molar-refractivity contribution is 8.71. The maximum absolute atomic E-state index is 6.20. The molecule has 0 amide bonds. The third-order valence-corrected chi connectivity index (χ3v) is 9.92. The van der Waals surface area contributed by atoms with Crippen molar-refractivity contribution >= 4 is 51.1 Å². The summed E-state index contributed by atoms with van der Waals surface area (Å²) in [6.07, 6.45) is 2.12. The SMILES string of the molecule is COc1ccc(P2(=S)OC(c3cccs3)=CCS2)cc1. The molecule has 20 heavy (non-hydrogen) atoms. The fourth-order valence-electron chi connectivity index (χ4n) is 1.86. The summed E-state index contributed by atoms with van der Waals surface area (Å²) in [7, 11) is 1.66. The third-order valence-electron chi connectivity index (χ3n) is 2.88. The molecule has 0 N–H and O–H groups in total. The van der Waals surface area contributed by atoms with Crippen LogP contribution in [0.1, 0.15) is 4.88 Å². The smallest absolute Gasteiger partial charge is 0.197 e. The van der Waals surface area contributed by atoms with Gasteiger partial charge in [0.25, 0.3) is 0 Å². The molecule has 1 aliphatic heterocycles. The summed E-state index contributed by atoms with van der Waals surface area (Å²) in [6.45, 7) is 0. The Bertz CT molecular complexity index is 662. The summed E-state index contributed by atoms with van der Waals surface area (Å²) in [5, 5.41) is 3.14. The highest BCUT2D eigenvalue weighted by Gasteiger charge is 2.27. The number of ether oxygens (including phenoxy) is 1. The van der Waals surface area contributed by atoms with Gasteiger partial charge in [-0.2, -0.15) is 0 Å². The van der Waals surface area contributed by atoms with Crippen molar-refractivity contribution in [1.82, 2.24) is 0 Å².